The van der Waals surface area contributed by atoms with E-state index in [2.05, 4.69) is 37.4 Å². The van der Waals surface area contributed by atoms with Crippen molar-refractivity contribution in [1.29, 1.82) is 0 Å². The molecule has 19 heavy (non-hydrogen) atoms. The molecule has 0 spiro atoms. The van der Waals surface area contributed by atoms with Crippen molar-refractivity contribution in [2.24, 2.45) is 0 Å². The van der Waals surface area contributed by atoms with E-state index in [1.165, 1.54) is 5.56 Å². The molecule has 2 aromatic rings. The first-order chi connectivity index (χ1) is 9.29. The molecule has 5 nitrogen and oxygen atoms in total. The fourth-order valence-corrected chi connectivity index (χ4v) is 2.08. The third-order valence-corrected chi connectivity index (χ3v) is 3.41. The van der Waals surface area contributed by atoms with Gasteiger partial charge in [-0.3, -0.25) is 0 Å². The second-order valence-corrected chi connectivity index (χ2v) is 4.97. The molecular formula is C13H17BrN4O. The van der Waals surface area contributed by atoms with Gasteiger partial charge in [0.1, 0.15) is 6.33 Å². The summed E-state index contributed by atoms with van der Waals surface area (Å²) in [4.78, 5) is 4.27. The quantitative estimate of drug-likeness (QED) is 0.789. The largest absolute Gasteiger partial charge is 0.383 e. The summed E-state index contributed by atoms with van der Waals surface area (Å²) in [5.74, 6) is 0.795. The lowest BCUT2D eigenvalue weighted by Gasteiger charge is -2.03. The van der Waals surface area contributed by atoms with Gasteiger partial charge in [0.25, 0.3) is 0 Å². The van der Waals surface area contributed by atoms with Crippen LogP contribution in [0.2, 0.25) is 0 Å². The summed E-state index contributed by atoms with van der Waals surface area (Å²) in [7, 11) is 1.69. The van der Waals surface area contributed by atoms with E-state index in [-0.39, 0.29) is 0 Å². The van der Waals surface area contributed by atoms with Crippen molar-refractivity contribution in [3.8, 4) is 0 Å². The molecule has 0 aliphatic heterocycles. The summed E-state index contributed by atoms with van der Waals surface area (Å²) in [6.07, 6.45) is 1.76. The van der Waals surface area contributed by atoms with Gasteiger partial charge in [-0.15, -0.1) is 0 Å². The second-order valence-electron chi connectivity index (χ2n) is 4.12. The Hall–Kier alpha value is -1.24. The molecule has 102 valence electrons. The molecule has 0 saturated heterocycles. The third-order valence-electron chi connectivity index (χ3n) is 2.64. The van der Waals surface area contributed by atoms with E-state index in [0.717, 1.165) is 16.8 Å². The fourth-order valence-electron chi connectivity index (χ4n) is 1.67. The number of aromatic nitrogens is 3. The molecule has 0 saturated carbocycles. The average Bonchev–Trinajstić information content (AvgIpc) is 2.85. The van der Waals surface area contributed by atoms with Gasteiger partial charge in [0, 0.05) is 18.1 Å². The predicted octanol–water partition coefficient (Wildman–Crippen LogP) is 1.82. The summed E-state index contributed by atoms with van der Waals surface area (Å²) in [5.41, 5.74) is 1.19. The number of halogens is 1. The van der Waals surface area contributed by atoms with Crippen molar-refractivity contribution in [3.05, 3.63) is 46.5 Å². The van der Waals surface area contributed by atoms with Gasteiger partial charge < -0.3 is 10.1 Å². The zero-order valence-corrected chi connectivity index (χ0v) is 12.4. The monoisotopic (exact) mass is 324 g/mol. The Labute approximate surface area is 121 Å². The molecule has 1 N–H and O–H groups in total. The summed E-state index contributed by atoms with van der Waals surface area (Å²) in [6, 6.07) is 8.12. The van der Waals surface area contributed by atoms with Crippen LogP contribution < -0.4 is 5.32 Å². The molecule has 0 radical (unpaired) electrons. The van der Waals surface area contributed by atoms with Gasteiger partial charge in [-0.05, 0) is 11.6 Å². The lowest BCUT2D eigenvalue weighted by atomic mass is 10.2. The topological polar surface area (TPSA) is 52.0 Å². The van der Waals surface area contributed by atoms with Crippen LogP contribution >= 0.6 is 15.9 Å². The first kappa shape index (κ1) is 14.2. The summed E-state index contributed by atoms with van der Waals surface area (Å²) in [5, 5.41) is 7.64. The molecule has 0 atom stereocenters. The Morgan fingerprint density at radius 1 is 1.37 bits per heavy atom. The van der Waals surface area contributed by atoms with Gasteiger partial charge in [0.2, 0.25) is 0 Å². The van der Waals surface area contributed by atoms with Crippen LogP contribution in [0.5, 0.6) is 0 Å². The highest BCUT2D eigenvalue weighted by atomic mass is 79.9. The van der Waals surface area contributed by atoms with E-state index < -0.39 is 0 Å². The van der Waals surface area contributed by atoms with Crippen molar-refractivity contribution < 1.29 is 4.74 Å². The number of benzene rings is 1. The van der Waals surface area contributed by atoms with Gasteiger partial charge in [-0.2, -0.15) is 5.10 Å². The number of methoxy groups -OCH3 is 1. The molecular weight excluding hydrogens is 308 g/mol. The lowest BCUT2D eigenvalue weighted by molar-refractivity contribution is 0.199. The highest BCUT2D eigenvalue weighted by molar-refractivity contribution is 9.10. The number of nitrogens with one attached hydrogen (secondary N) is 1. The van der Waals surface area contributed by atoms with Crippen molar-refractivity contribution in [1.82, 2.24) is 20.1 Å². The van der Waals surface area contributed by atoms with Crippen LogP contribution in [-0.4, -0.2) is 35.0 Å². The maximum atomic E-state index is 4.96. The molecule has 2 rings (SSSR count). The number of ether oxygens (including phenoxy) is 1. The number of hydrogen-bond donors (Lipinski definition) is 1. The van der Waals surface area contributed by atoms with Gasteiger partial charge in [0.15, 0.2) is 5.82 Å². The Bertz CT molecular complexity index is 515. The third kappa shape index (κ3) is 4.41. The number of nitrogens with zero attached hydrogens (tertiary/aromatic N) is 3. The minimum Gasteiger partial charge on any atom is -0.383 e. The van der Waals surface area contributed by atoms with Crippen LogP contribution in [-0.2, 0) is 17.8 Å². The van der Waals surface area contributed by atoms with Crippen LogP contribution in [0.3, 0.4) is 0 Å². The molecule has 0 amide bonds. The SMILES string of the molecule is COCCNCc1ncn(Cc2ccccc2Br)n1. The fraction of sp³-hybridized carbons (Fsp3) is 0.385. The lowest BCUT2D eigenvalue weighted by Crippen LogP contribution is -2.19. The van der Waals surface area contributed by atoms with E-state index in [0.29, 0.717) is 19.7 Å². The molecule has 1 aromatic carbocycles. The normalized spacial score (nSPS) is 10.8. The maximum absolute atomic E-state index is 4.96. The van der Waals surface area contributed by atoms with E-state index in [4.69, 9.17) is 4.74 Å². The van der Waals surface area contributed by atoms with E-state index in [9.17, 15) is 0 Å². The molecule has 1 aromatic heterocycles. The zero-order chi connectivity index (χ0) is 13.5. The molecule has 0 aliphatic rings. The Kier molecular flexibility index (Phi) is 5.50. The van der Waals surface area contributed by atoms with Crippen LogP contribution in [0.15, 0.2) is 35.1 Å². The van der Waals surface area contributed by atoms with Gasteiger partial charge in [-0.1, -0.05) is 34.1 Å². The molecule has 1 heterocycles. The minimum atomic E-state index is 0.659. The van der Waals surface area contributed by atoms with Crippen LogP contribution in [0, 0.1) is 0 Å². The standard InChI is InChI=1S/C13H17BrN4O/c1-19-7-6-15-8-13-16-10-18(17-13)9-11-4-2-3-5-12(11)14/h2-5,10,15H,6-9H2,1H3. The number of rotatable bonds is 7. The smallest absolute Gasteiger partial charge is 0.164 e. The van der Waals surface area contributed by atoms with E-state index in [1.807, 2.05) is 22.9 Å². The zero-order valence-electron chi connectivity index (χ0n) is 10.8. The first-order valence-corrected chi connectivity index (χ1v) is 6.90. The first-order valence-electron chi connectivity index (χ1n) is 6.11. The molecule has 0 fully saturated rings. The highest BCUT2D eigenvalue weighted by Crippen LogP contribution is 2.16. The van der Waals surface area contributed by atoms with Crippen molar-refractivity contribution >= 4 is 15.9 Å². The van der Waals surface area contributed by atoms with Gasteiger partial charge in [0.05, 0.1) is 19.7 Å². The Morgan fingerprint density at radius 3 is 3.00 bits per heavy atom. The van der Waals surface area contributed by atoms with Crippen LogP contribution in [0.4, 0.5) is 0 Å². The second kappa shape index (κ2) is 7.37. The highest BCUT2D eigenvalue weighted by Gasteiger charge is 2.03. The summed E-state index contributed by atoms with van der Waals surface area (Å²) < 4.78 is 7.89. The van der Waals surface area contributed by atoms with Crippen molar-refractivity contribution in [3.63, 3.8) is 0 Å². The van der Waals surface area contributed by atoms with Crippen molar-refractivity contribution in [2.75, 3.05) is 20.3 Å². The van der Waals surface area contributed by atoms with Crippen molar-refractivity contribution in [2.45, 2.75) is 13.1 Å². The van der Waals surface area contributed by atoms with E-state index >= 15 is 0 Å². The van der Waals surface area contributed by atoms with Crippen LogP contribution in [0.1, 0.15) is 11.4 Å². The molecule has 0 aliphatic carbocycles. The van der Waals surface area contributed by atoms with Gasteiger partial charge in [-0.25, -0.2) is 9.67 Å². The predicted molar refractivity (Wildman–Crippen MR) is 76.8 cm³/mol. The Balaban J connectivity index is 1.89. The molecule has 0 bridgehead atoms. The summed E-state index contributed by atoms with van der Waals surface area (Å²) in [6.45, 7) is 2.87. The molecule has 6 heteroatoms. The molecule has 0 unspecified atom stereocenters. The average molecular weight is 325 g/mol. The minimum absolute atomic E-state index is 0.659. The van der Waals surface area contributed by atoms with Crippen LogP contribution in [0.25, 0.3) is 0 Å². The van der Waals surface area contributed by atoms with Gasteiger partial charge >= 0.3 is 0 Å². The Morgan fingerprint density at radius 2 is 2.21 bits per heavy atom. The maximum Gasteiger partial charge on any atom is 0.164 e. The summed E-state index contributed by atoms with van der Waals surface area (Å²) >= 11 is 3.53. The number of hydrogen-bond acceptors (Lipinski definition) is 4. The van der Waals surface area contributed by atoms with E-state index in [1.54, 1.807) is 13.4 Å².